The Morgan fingerprint density at radius 2 is 1.96 bits per heavy atom. The van der Waals surface area contributed by atoms with Crippen molar-refractivity contribution in [1.82, 2.24) is 25.4 Å². The number of hydrogen-bond acceptors (Lipinski definition) is 5. The Balaban J connectivity index is 1.51. The number of nitrogens with one attached hydrogen (secondary N) is 2. The lowest BCUT2D eigenvalue weighted by atomic mass is 10.1. The average molecular weight is 369 g/mol. The molecule has 0 fully saturated rings. The minimum Gasteiger partial charge on any atom is -0.348 e. The maximum absolute atomic E-state index is 12.1. The molecule has 134 valence electrons. The Morgan fingerprint density at radius 1 is 1.19 bits per heavy atom. The number of aryl methyl sites for hydroxylation is 1. The van der Waals surface area contributed by atoms with Crippen LogP contribution in [0.1, 0.15) is 33.1 Å². The van der Waals surface area contributed by atoms with Gasteiger partial charge >= 0.3 is 0 Å². The summed E-state index contributed by atoms with van der Waals surface area (Å²) < 4.78 is 1.66. The maximum Gasteiger partial charge on any atom is 0.261 e. The van der Waals surface area contributed by atoms with Crippen molar-refractivity contribution < 1.29 is 9.59 Å². The van der Waals surface area contributed by atoms with Gasteiger partial charge in [0.25, 0.3) is 5.91 Å². The van der Waals surface area contributed by atoms with Crippen LogP contribution in [0.3, 0.4) is 0 Å². The van der Waals surface area contributed by atoms with Gasteiger partial charge in [-0.3, -0.25) is 9.59 Å². The fraction of sp³-hybridized carbons (Fsp3) is 0.222. The van der Waals surface area contributed by atoms with Gasteiger partial charge in [-0.05, 0) is 43.7 Å². The molecule has 0 spiro atoms. The summed E-state index contributed by atoms with van der Waals surface area (Å²) >= 11 is 1.40. The second-order valence-corrected chi connectivity index (χ2v) is 7.10. The number of benzene rings is 1. The molecule has 2 heterocycles. The van der Waals surface area contributed by atoms with Crippen LogP contribution in [0.2, 0.25) is 0 Å². The molecule has 3 aromatic rings. The SMILES string of the molecule is Cc1ccc(C(=O)NCC(=O)NC(C)c2ccc(-n3cncn3)cc2)s1. The van der Waals surface area contributed by atoms with E-state index in [9.17, 15) is 9.59 Å². The van der Waals surface area contributed by atoms with Crippen LogP contribution in [0.4, 0.5) is 0 Å². The number of carbonyl (C=O) groups excluding carboxylic acids is 2. The first-order chi connectivity index (χ1) is 12.5. The van der Waals surface area contributed by atoms with Crippen molar-refractivity contribution >= 4 is 23.2 Å². The van der Waals surface area contributed by atoms with E-state index >= 15 is 0 Å². The first-order valence-electron chi connectivity index (χ1n) is 8.12. The number of rotatable bonds is 6. The Morgan fingerprint density at radius 3 is 2.58 bits per heavy atom. The summed E-state index contributed by atoms with van der Waals surface area (Å²) in [5.41, 5.74) is 1.85. The molecule has 1 atom stereocenters. The van der Waals surface area contributed by atoms with Crippen LogP contribution < -0.4 is 10.6 Å². The first kappa shape index (κ1) is 17.8. The van der Waals surface area contributed by atoms with Gasteiger partial charge in [0.15, 0.2) is 0 Å². The topological polar surface area (TPSA) is 88.9 Å². The lowest BCUT2D eigenvalue weighted by Gasteiger charge is -2.15. The van der Waals surface area contributed by atoms with E-state index in [2.05, 4.69) is 20.7 Å². The smallest absolute Gasteiger partial charge is 0.261 e. The Hall–Kier alpha value is -3.00. The normalized spacial score (nSPS) is 11.8. The zero-order valence-electron chi connectivity index (χ0n) is 14.5. The summed E-state index contributed by atoms with van der Waals surface area (Å²) in [7, 11) is 0. The van der Waals surface area contributed by atoms with Crippen LogP contribution in [0.25, 0.3) is 5.69 Å². The maximum atomic E-state index is 12.1. The van der Waals surface area contributed by atoms with E-state index in [1.807, 2.05) is 44.2 Å². The van der Waals surface area contributed by atoms with Crippen LogP contribution >= 0.6 is 11.3 Å². The standard InChI is InChI=1S/C18H19N5O2S/c1-12-3-8-16(26-12)18(25)20-9-17(24)22-13(2)14-4-6-15(7-5-14)23-11-19-10-21-23/h3-8,10-11,13H,9H2,1-2H3,(H,20,25)(H,22,24). The molecule has 0 bridgehead atoms. The molecular formula is C18H19N5O2S. The van der Waals surface area contributed by atoms with Gasteiger partial charge in [0.05, 0.1) is 23.2 Å². The lowest BCUT2D eigenvalue weighted by Crippen LogP contribution is -2.37. The molecule has 0 aliphatic rings. The molecule has 8 heteroatoms. The van der Waals surface area contributed by atoms with Gasteiger partial charge in [-0.25, -0.2) is 9.67 Å². The monoisotopic (exact) mass is 369 g/mol. The predicted octanol–water partition coefficient (Wildman–Crippen LogP) is 2.24. The predicted molar refractivity (Wildman–Crippen MR) is 99.3 cm³/mol. The second kappa shape index (κ2) is 7.92. The highest BCUT2D eigenvalue weighted by Crippen LogP contribution is 2.16. The zero-order valence-corrected chi connectivity index (χ0v) is 15.3. The van der Waals surface area contributed by atoms with Gasteiger partial charge < -0.3 is 10.6 Å². The molecule has 0 saturated carbocycles. The summed E-state index contributed by atoms with van der Waals surface area (Å²) in [4.78, 5) is 29.6. The van der Waals surface area contributed by atoms with Crippen molar-refractivity contribution in [3.63, 3.8) is 0 Å². The Bertz CT molecular complexity index is 887. The summed E-state index contributed by atoms with van der Waals surface area (Å²) in [6, 6.07) is 11.1. The number of nitrogens with zero attached hydrogens (tertiary/aromatic N) is 3. The molecule has 0 aliphatic heterocycles. The van der Waals surface area contributed by atoms with E-state index in [4.69, 9.17) is 0 Å². The van der Waals surface area contributed by atoms with E-state index in [1.165, 1.54) is 17.7 Å². The van der Waals surface area contributed by atoms with Gasteiger partial charge in [-0.2, -0.15) is 5.10 Å². The first-order valence-corrected chi connectivity index (χ1v) is 8.93. The molecule has 26 heavy (non-hydrogen) atoms. The van der Waals surface area contributed by atoms with Crippen molar-refractivity contribution in [1.29, 1.82) is 0 Å². The van der Waals surface area contributed by atoms with Crippen LogP contribution in [-0.4, -0.2) is 33.1 Å². The number of hydrogen-bond donors (Lipinski definition) is 2. The lowest BCUT2D eigenvalue weighted by molar-refractivity contribution is -0.120. The molecule has 0 saturated heterocycles. The number of thiophene rings is 1. The molecule has 2 amide bonds. The molecular weight excluding hydrogens is 350 g/mol. The van der Waals surface area contributed by atoms with E-state index in [0.717, 1.165) is 16.1 Å². The highest BCUT2D eigenvalue weighted by molar-refractivity contribution is 7.13. The van der Waals surface area contributed by atoms with E-state index < -0.39 is 0 Å². The average Bonchev–Trinajstić information content (AvgIpc) is 3.31. The van der Waals surface area contributed by atoms with E-state index in [-0.39, 0.29) is 24.4 Å². The Labute approximate surface area is 155 Å². The van der Waals surface area contributed by atoms with E-state index in [1.54, 1.807) is 17.1 Å². The number of aromatic nitrogens is 3. The molecule has 0 aliphatic carbocycles. The summed E-state index contributed by atoms with van der Waals surface area (Å²) in [6.45, 7) is 3.77. The van der Waals surface area contributed by atoms with Gasteiger partial charge in [-0.15, -0.1) is 11.3 Å². The van der Waals surface area contributed by atoms with Gasteiger partial charge in [-0.1, -0.05) is 12.1 Å². The van der Waals surface area contributed by atoms with Crippen LogP contribution in [0.5, 0.6) is 0 Å². The van der Waals surface area contributed by atoms with Crippen molar-refractivity contribution in [2.24, 2.45) is 0 Å². The molecule has 0 radical (unpaired) electrons. The fourth-order valence-electron chi connectivity index (χ4n) is 2.44. The fourth-order valence-corrected chi connectivity index (χ4v) is 3.22. The van der Waals surface area contributed by atoms with Gasteiger partial charge in [0.2, 0.25) is 5.91 Å². The van der Waals surface area contributed by atoms with Gasteiger partial charge in [0, 0.05) is 4.88 Å². The molecule has 2 aromatic heterocycles. The molecule has 3 rings (SSSR count). The highest BCUT2D eigenvalue weighted by atomic mass is 32.1. The molecule has 1 unspecified atom stereocenters. The Kier molecular flexibility index (Phi) is 5.43. The number of amides is 2. The third-order valence-corrected chi connectivity index (χ3v) is 4.83. The van der Waals surface area contributed by atoms with Crippen molar-refractivity contribution in [2.45, 2.75) is 19.9 Å². The van der Waals surface area contributed by atoms with Crippen molar-refractivity contribution in [3.8, 4) is 5.69 Å². The van der Waals surface area contributed by atoms with Crippen LogP contribution in [0, 0.1) is 6.92 Å². The van der Waals surface area contributed by atoms with E-state index in [0.29, 0.717) is 4.88 Å². The largest absolute Gasteiger partial charge is 0.348 e. The third kappa shape index (κ3) is 4.34. The molecule has 1 aromatic carbocycles. The molecule has 7 nitrogen and oxygen atoms in total. The van der Waals surface area contributed by atoms with Gasteiger partial charge in [0.1, 0.15) is 12.7 Å². The van der Waals surface area contributed by atoms with Crippen molar-refractivity contribution in [3.05, 3.63) is 64.4 Å². The number of carbonyl (C=O) groups is 2. The zero-order chi connectivity index (χ0) is 18.5. The van der Waals surface area contributed by atoms with Crippen LogP contribution in [-0.2, 0) is 4.79 Å². The van der Waals surface area contributed by atoms with Crippen molar-refractivity contribution in [2.75, 3.05) is 6.54 Å². The van der Waals surface area contributed by atoms with Crippen LogP contribution in [0.15, 0.2) is 49.1 Å². The minimum absolute atomic E-state index is 0.0584. The molecule has 2 N–H and O–H groups in total. The second-order valence-electron chi connectivity index (χ2n) is 5.81. The third-order valence-electron chi connectivity index (χ3n) is 3.83. The minimum atomic E-state index is -0.237. The highest BCUT2D eigenvalue weighted by Gasteiger charge is 2.13. The summed E-state index contributed by atoms with van der Waals surface area (Å²) in [5, 5.41) is 9.59. The summed E-state index contributed by atoms with van der Waals surface area (Å²) in [6.07, 6.45) is 3.10. The quantitative estimate of drug-likeness (QED) is 0.697. The summed E-state index contributed by atoms with van der Waals surface area (Å²) in [5.74, 6) is -0.470.